The normalized spacial score (nSPS) is 27.7. The third kappa shape index (κ3) is 1.68. The van der Waals surface area contributed by atoms with Crippen molar-refractivity contribution in [2.75, 3.05) is 6.61 Å². The highest BCUT2D eigenvalue weighted by Crippen LogP contribution is 2.12. The maximum Gasteiger partial charge on any atom is 0.325 e. The van der Waals surface area contributed by atoms with Crippen LogP contribution >= 0.6 is 0 Å². The van der Waals surface area contributed by atoms with Crippen LogP contribution in [0, 0.1) is 0 Å². The Morgan fingerprint density at radius 3 is 2.55 bits per heavy atom. The first-order valence-corrected chi connectivity index (χ1v) is 3.32. The Morgan fingerprint density at radius 2 is 2.18 bits per heavy atom. The van der Waals surface area contributed by atoms with E-state index in [2.05, 4.69) is 10.1 Å². The van der Waals surface area contributed by atoms with Crippen LogP contribution in [0.2, 0.25) is 0 Å². The van der Waals surface area contributed by atoms with Crippen LogP contribution in [0.25, 0.3) is 0 Å². The lowest BCUT2D eigenvalue weighted by Crippen LogP contribution is -2.18. The Morgan fingerprint density at radius 1 is 1.55 bits per heavy atom. The van der Waals surface area contributed by atoms with Crippen molar-refractivity contribution in [3.63, 3.8) is 0 Å². The molecule has 1 saturated heterocycles. The standard InChI is InChI=1S/C6H9NO4/c1-2-11-6(10)4-3(7-4)5(8)9/h3-4,7H,2H2,1H3,(H,8,9)/t3-,4-/m0/s1. The Balaban J connectivity index is 2.32. The first kappa shape index (κ1) is 8.00. The van der Waals surface area contributed by atoms with E-state index in [1.54, 1.807) is 6.92 Å². The number of hydrogen-bond acceptors (Lipinski definition) is 4. The molecule has 0 spiro atoms. The molecule has 0 aromatic heterocycles. The van der Waals surface area contributed by atoms with E-state index >= 15 is 0 Å². The third-order valence-electron chi connectivity index (χ3n) is 1.39. The molecule has 1 fully saturated rings. The van der Waals surface area contributed by atoms with E-state index in [-0.39, 0.29) is 6.61 Å². The van der Waals surface area contributed by atoms with Gasteiger partial charge in [0.1, 0.15) is 12.1 Å². The van der Waals surface area contributed by atoms with Gasteiger partial charge < -0.3 is 9.84 Å². The molecule has 0 saturated carbocycles. The number of esters is 1. The lowest BCUT2D eigenvalue weighted by atomic mass is 10.3. The van der Waals surface area contributed by atoms with Crippen LogP contribution in [-0.4, -0.2) is 35.7 Å². The van der Waals surface area contributed by atoms with Crippen molar-refractivity contribution in [2.24, 2.45) is 0 Å². The van der Waals surface area contributed by atoms with Crippen LogP contribution in [0.1, 0.15) is 6.92 Å². The smallest absolute Gasteiger partial charge is 0.325 e. The SMILES string of the molecule is CCOC(=O)[C@H]1N[C@@H]1C(=O)O. The summed E-state index contributed by atoms with van der Waals surface area (Å²) < 4.78 is 4.58. The molecule has 1 aliphatic rings. The molecule has 0 radical (unpaired) electrons. The lowest BCUT2D eigenvalue weighted by Gasteiger charge is -1.95. The third-order valence-corrected chi connectivity index (χ3v) is 1.39. The van der Waals surface area contributed by atoms with Crippen LogP contribution < -0.4 is 5.32 Å². The number of carboxylic acids is 1. The van der Waals surface area contributed by atoms with Crippen molar-refractivity contribution in [2.45, 2.75) is 19.0 Å². The molecule has 0 amide bonds. The molecule has 0 aromatic carbocycles. The van der Waals surface area contributed by atoms with Gasteiger partial charge in [0, 0.05) is 0 Å². The zero-order valence-electron chi connectivity index (χ0n) is 6.03. The van der Waals surface area contributed by atoms with Crippen molar-refractivity contribution < 1.29 is 19.4 Å². The number of carboxylic acid groups (broad SMARTS) is 1. The van der Waals surface area contributed by atoms with Crippen molar-refractivity contribution in [1.82, 2.24) is 5.32 Å². The summed E-state index contributed by atoms with van der Waals surface area (Å²) in [6, 6.07) is -1.37. The molecule has 5 nitrogen and oxygen atoms in total. The number of hydrogen-bond donors (Lipinski definition) is 2. The molecule has 1 rings (SSSR count). The summed E-state index contributed by atoms with van der Waals surface area (Å²) in [5.41, 5.74) is 0. The van der Waals surface area contributed by atoms with Crippen LogP contribution in [0.15, 0.2) is 0 Å². The van der Waals surface area contributed by atoms with Gasteiger partial charge >= 0.3 is 11.9 Å². The van der Waals surface area contributed by atoms with Gasteiger partial charge in [-0.2, -0.15) is 0 Å². The second kappa shape index (κ2) is 2.87. The van der Waals surface area contributed by atoms with E-state index in [0.29, 0.717) is 0 Å². The van der Waals surface area contributed by atoms with E-state index in [1.165, 1.54) is 0 Å². The van der Waals surface area contributed by atoms with Crippen molar-refractivity contribution in [3.05, 3.63) is 0 Å². The number of carbonyl (C=O) groups is 2. The largest absolute Gasteiger partial charge is 0.480 e. The van der Waals surface area contributed by atoms with Gasteiger partial charge in [0.05, 0.1) is 6.61 Å². The molecule has 2 N–H and O–H groups in total. The van der Waals surface area contributed by atoms with Gasteiger partial charge in [-0.15, -0.1) is 0 Å². The Hall–Kier alpha value is -1.10. The van der Waals surface area contributed by atoms with Crippen LogP contribution in [0.5, 0.6) is 0 Å². The number of carbonyl (C=O) groups excluding carboxylic acids is 1. The first-order chi connectivity index (χ1) is 5.16. The fourth-order valence-corrected chi connectivity index (χ4v) is 0.788. The molecule has 11 heavy (non-hydrogen) atoms. The molecule has 0 bridgehead atoms. The Kier molecular flexibility index (Phi) is 2.09. The maximum absolute atomic E-state index is 10.8. The lowest BCUT2D eigenvalue weighted by molar-refractivity contribution is -0.144. The minimum Gasteiger partial charge on any atom is -0.480 e. The van der Waals surface area contributed by atoms with Gasteiger partial charge in [0.25, 0.3) is 0 Å². The fourth-order valence-electron chi connectivity index (χ4n) is 0.788. The van der Waals surface area contributed by atoms with Gasteiger partial charge in [-0.3, -0.25) is 14.9 Å². The molecule has 1 aliphatic heterocycles. The highest BCUT2D eigenvalue weighted by atomic mass is 16.5. The van der Waals surface area contributed by atoms with Gasteiger partial charge in [-0.1, -0.05) is 0 Å². The van der Waals surface area contributed by atoms with Crippen LogP contribution in [-0.2, 0) is 14.3 Å². The zero-order valence-corrected chi connectivity index (χ0v) is 6.03. The number of ether oxygens (including phenoxy) is 1. The van der Waals surface area contributed by atoms with Crippen molar-refractivity contribution in [1.29, 1.82) is 0 Å². The molecule has 1 heterocycles. The molecule has 0 unspecified atom stereocenters. The van der Waals surface area contributed by atoms with Crippen molar-refractivity contribution in [3.8, 4) is 0 Å². The first-order valence-electron chi connectivity index (χ1n) is 3.32. The van der Waals surface area contributed by atoms with Gasteiger partial charge in [-0.05, 0) is 6.92 Å². The highest BCUT2D eigenvalue weighted by molar-refractivity contribution is 5.91. The molecule has 62 valence electrons. The Bertz CT molecular complexity index is 191. The molecule has 2 atom stereocenters. The molecule has 0 aromatic rings. The fraction of sp³-hybridized carbons (Fsp3) is 0.667. The quantitative estimate of drug-likeness (QED) is 0.406. The minimum absolute atomic E-state index is 0.281. The average Bonchev–Trinajstić information content (AvgIpc) is 2.65. The second-order valence-electron chi connectivity index (χ2n) is 2.21. The van der Waals surface area contributed by atoms with E-state index in [0.717, 1.165) is 0 Å². The van der Waals surface area contributed by atoms with Crippen molar-refractivity contribution >= 4 is 11.9 Å². The predicted molar refractivity (Wildman–Crippen MR) is 35.0 cm³/mol. The summed E-state index contributed by atoms with van der Waals surface area (Å²) in [5.74, 6) is -1.50. The number of aliphatic carboxylic acids is 1. The van der Waals surface area contributed by atoms with E-state index < -0.39 is 24.0 Å². The second-order valence-corrected chi connectivity index (χ2v) is 2.21. The summed E-state index contributed by atoms with van der Waals surface area (Å²) in [7, 11) is 0. The van der Waals surface area contributed by atoms with Gasteiger partial charge in [0.2, 0.25) is 0 Å². The zero-order chi connectivity index (χ0) is 8.43. The summed E-state index contributed by atoms with van der Waals surface area (Å²) in [6.07, 6.45) is 0. The number of rotatable bonds is 3. The van der Waals surface area contributed by atoms with E-state index in [1.807, 2.05) is 0 Å². The summed E-state index contributed by atoms with van der Waals surface area (Å²) in [6.45, 7) is 1.96. The maximum atomic E-state index is 10.8. The Labute approximate surface area is 63.3 Å². The molecule has 0 aliphatic carbocycles. The van der Waals surface area contributed by atoms with Gasteiger partial charge in [0.15, 0.2) is 0 Å². The summed E-state index contributed by atoms with van der Waals surface area (Å²) in [4.78, 5) is 21.0. The highest BCUT2D eigenvalue weighted by Gasteiger charge is 2.48. The topological polar surface area (TPSA) is 85.5 Å². The average molecular weight is 159 g/mol. The molecule has 5 heteroatoms. The predicted octanol–water partition coefficient (Wildman–Crippen LogP) is -1.03. The summed E-state index contributed by atoms with van der Waals surface area (Å²) >= 11 is 0. The van der Waals surface area contributed by atoms with E-state index in [9.17, 15) is 9.59 Å². The molecular weight excluding hydrogens is 150 g/mol. The monoisotopic (exact) mass is 159 g/mol. The number of nitrogens with one attached hydrogen (secondary N) is 1. The van der Waals surface area contributed by atoms with Gasteiger partial charge in [-0.25, -0.2) is 0 Å². The summed E-state index contributed by atoms with van der Waals surface area (Å²) in [5, 5.41) is 10.8. The van der Waals surface area contributed by atoms with Crippen LogP contribution in [0.3, 0.4) is 0 Å². The molecular formula is C6H9NO4. The minimum atomic E-state index is -1.01. The van der Waals surface area contributed by atoms with E-state index in [4.69, 9.17) is 5.11 Å². The van der Waals surface area contributed by atoms with Crippen LogP contribution in [0.4, 0.5) is 0 Å².